The van der Waals surface area contributed by atoms with Crippen molar-refractivity contribution in [3.63, 3.8) is 0 Å². The van der Waals surface area contributed by atoms with Crippen molar-refractivity contribution in [3.05, 3.63) is 82.6 Å². The SMILES string of the molecule is C[C@H]1C[C@@H](c2ccncc2CC(=O)c2ccc(F)c(-c3c(F)cc(COC4CCOCC4)cc3F)n2)C[C@@H](N)[C@]1(C)O. The van der Waals surface area contributed by atoms with E-state index in [1.165, 1.54) is 6.07 Å². The summed E-state index contributed by atoms with van der Waals surface area (Å²) in [5.41, 5.74) is 5.79. The number of hydrogen-bond acceptors (Lipinski definition) is 7. The molecule has 10 heteroatoms. The molecule has 2 aromatic heterocycles. The van der Waals surface area contributed by atoms with E-state index < -0.39 is 46.1 Å². The minimum Gasteiger partial charge on any atom is -0.388 e. The Bertz CT molecular complexity index is 1410. The molecule has 3 N–H and O–H groups in total. The molecular weight excluding hydrogens is 547 g/mol. The molecule has 5 rings (SSSR count). The van der Waals surface area contributed by atoms with Crippen molar-refractivity contribution in [3.8, 4) is 11.3 Å². The fourth-order valence-corrected chi connectivity index (χ4v) is 5.94. The summed E-state index contributed by atoms with van der Waals surface area (Å²) in [6, 6.07) is 5.80. The number of aliphatic hydroxyl groups is 1. The van der Waals surface area contributed by atoms with Gasteiger partial charge in [-0.2, -0.15) is 0 Å². The van der Waals surface area contributed by atoms with Gasteiger partial charge in [0.05, 0.1) is 23.9 Å². The monoisotopic (exact) mass is 583 g/mol. The molecule has 0 unspecified atom stereocenters. The summed E-state index contributed by atoms with van der Waals surface area (Å²) >= 11 is 0. The van der Waals surface area contributed by atoms with Gasteiger partial charge in [0, 0.05) is 38.1 Å². The van der Waals surface area contributed by atoms with Gasteiger partial charge in [-0.05, 0) is 91.5 Å². The lowest BCUT2D eigenvalue weighted by Crippen LogP contribution is -2.54. The zero-order valence-corrected chi connectivity index (χ0v) is 23.8. The Balaban J connectivity index is 1.35. The van der Waals surface area contributed by atoms with Gasteiger partial charge in [-0.15, -0.1) is 0 Å². The van der Waals surface area contributed by atoms with Gasteiger partial charge in [-0.25, -0.2) is 18.2 Å². The van der Waals surface area contributed by atoms with Gasteiger partial charge in [0.1, 0.15) is 28.8 Å². The van der Waals surface area contributed by atoms with E-state index in [1.807, 2.05) is 13.0 Å². The number of Topliss-reactive ketones (excluding diaryl/α,β-unsaturated/α-hetero) is 1. The zero-order valence-electron chi connectivity index (χ0n) is 23.8. The second-order valence-electron chi connectivity index (χ2n) is 11.7. The number of nitrogens with two attached hydrogens (primary N) is 1. The average molecular weight is 584 g/mol. The summed E-state index contributed by atoms with van der Waals surface area (Å²) in [7, 11) is 0. The number of benzene rings is 1. The van der Waals surface area contributed by atoms with Gasteiger partial charge in [-0.3, -0.25) is 9.78 Å². The number of carbonyl (C=O) groups excluding carboxylic acids is 1. The number of nitrogens with zero attached hydrogens (tertiary/aromatic N) is 2. The molecule has 1 aliphatic carbocycles. The van der Waals surface area contributed by atoms with E-state index in [0.717, 1.165) is 23.8 Å². The average Bonchev–Trinajstić information content (AvgIpc) is 2.96. The fraction of sp³-hybridized carbons (Fsp3) is 0.469. The second-order valence-corrected chi connectivity index (χ2v) is 11.7. The van der Waals surface area contributed by atoms with Crippen LogP contribution in [0.25, 0.3) is 11.3 Å². The third kappa shape index (κ3) is 6.41. The molecule has 3 heterocycles. The maximum Gasteiger partial charge on any atom is 0.185 e. The van der Waals surface area contributed by atoms with Gasteiger partial charge >= 0.3 is 0 Å². The molecule has 1 saturated carbocycles. The van der Waals surface area contributed by atoms with Gasteiger partial charge < -0.3 is 20.3 Å². The van der Waals surface area contributed by atoms with E-state index in [4.69, 9.17) is 15.2 Å². The van der Waals surface area contributed by atoms with Gasteiger partial charge in [0.2, 0.25) is 0 Å². The first kappa shape index (κ1) is 30.3. The second kappa shape index (κ2) is 12.6. The number of carbonyl (C=O) groups is 1. The molecule has 7 nitrogen and oxygen atoms in total. The first-order valence-electron chi connectivity index (χ1n) is 14.3. The normalized spacial score (nSPS) is 25.0. The standard InChI is InChI=1S/C32H36F3N3O4/c1-18-11-20(15-29(36)32(18,2)40)23-5-8-37-16-21(23)14-28(39)27-4-3-24(33)31(38-27)30-25(34)12-19(13-26(30)35)17-42-22-6-9-41-10-7-22/h3-5,8,12-13,16,18,20,22,29,40H,6-7,9-11,14-15,17,36H2,1-2H3/t18-,20+,29+,32+/m0/s1. The van der Waals surface area contributed by atoms with E-state index in [0.29, 0.717) is 44.5 Å². The van der Waals surface area contributed by atoms with Crippen molar-refractivity contribution in [1.82, 2.24) is 9.97 Å². The topological polar surface area (TPSA) is 108 Å². The number of ether oxygens (including phenoxy) is 2. The van der Waals surface area contributed by atoms with Crippen LogP contribution in [0.2, 0.25) is 0 Å². The molecule has 0 spiro atoms. The lowest BCUT2D eigenvalue weighted by Gasteiger charge is -2.44. The number of aromatic nitrogens is 2. The first-order chi connectivity index (χ1) is 20.0. The Kier molecular flexibility index (Phi) is 9.08. The number of hydrogen-bond donors (Lipinski definition) is 2. The van der Waals surface area contributed by atoms with Crippen LogP contribution in [0.1, 0.15) is 72.6 Å². The third-order valence-corrected chi connectivity index (χ3v) is 8.78. The highest BCUT2D eigenvalue weighted by molar-refractivity contribution is 5.96. The Hall–Kier alpha value is -3.18. The van der Waals surface area contributed by atoms with Crippen LogP contribution in [0.4, 0.5) is 13.2 Å². The lowest BCUT2D eigenvalue weighted by molar-refractivity contribution is -0.0464. The summed E-state index contributed by atoms with van der Waals surface area (Å²) in [4.78, 5) is 21.6. The predicted octanol–water partition coefficient (Wildman–Crippen LogP) is 5.27. The van der Waals surface area contributed by atoms with Crippen LogP contribution in [0.3, 0.4) is 0 Å². The van der Waals surface area contributed by atoms with Crippen molar-refractivity contribution in [2.75, 3.05) is 13.2 Å². The van der Waals surface area contributed by atoms with Crippen molar-refractivity contribution < 1.29 is 32.5 Å². The van der Waals surface area contributed by atoms with Crippen LogP contribution >= 0.6 is 0 Å². The van der Waals surface area contributed by atoms with Crippen LogP contribution < -0.4 is 5.73 Å². The molecule has 0 radical (unpaired) electrons. The molecule has 42 heavy (non-hydrogen) atoms. The van der Waals surface area contributed by atoms with Gasteiger partial charge in [-0.1, -0.05) is 6.92 Å². The fourth-order valence-electron chi connectivity index (χ4n) is 5.94. The van der Waals surface area contributed by atoms with Crippen LogP contribution in [0.15, 0.2) is 42.7 Å². The molecule has 2 aliphatic rings. The molecular formula is C32H36F3N3O4. The number of ketones is 1. The molecule has 1 saturated heterocycles. The van der Waals surface area contributed by atoms with Crippen LogP contribution in [0, 0.1) is 23.4 Å². The van der Waals surface area contributed by atoms with E-state index in [9.17, 15) is 14.3 Å². The summed E-state index contributed by atoms with van der Waals surface area (Å²) in [6.07, 6.45) is 5.72. The lowest BCUT2D eigenvalue weighted by atomic mass is 9.67. The summed E-state index contributed by atoms with van der Waals surface area (Å²) in [6.45, 7) is 4.85. The highest BCUT2D eigenvalue weighted by Gasteiger charge is 2.42. The Labute approximate surface area is 243 Å². The van der Waals surface area contributed by atoms with Gasteiger partial charge in [0.15, 0.2) is 5.78 Å². The van der Waals surface area contributed by atoms with Gasteiger partial charge in [0.25, 0.3) is 0 Å². The maximum absolute atomic E-state index is 15.2. The highest BCUT2D eigenvalue weighted by atomic mass is 19.1. The molecule has 224 valence electrons. The van der Waals surface area contributed by atoms with E-state index >= 15 is 8.78 Å². The summed E-state index contributed by atoms with van der Waals surface area (Å²) in [5.74, 6) is -3.44. The van der Waals surface area contributed by atoms with Crippen molar-refractivity contribution >= 4 is 5.78 Å². The van der Waals surface area contributed by atoms with E-state index in [1.54, 1.807) is 19.3 Å². The van der Waals surface area contributed by atoms with E-state index in [-0.39, 0.29) is 42.2 Å². The highest BCUT2D eigenvalue weighted by Crippen LogP contribution is 2.42. The molecule has 2 fully saturated rings. The quantitative estimate of drug-likeness (QED) is 0.348. The molecule has 0 amide bonds. The molecule has 0 bridgehead atoms. The van der Waals surface area contributed by atoms with E-state index in [2.05, 4.69) is 9.97 Å². The Morgan fingerprint density at radius 1 is 1.12 bits per heavy atom. The Morgan fingerprint density at radius 3 is 2.52 bits per heavy atom. The largest absolute Gasteiger partial charge is 0.388 e. The molecule has 3 aromatic rings. The Morgan fingerprint density at radius 2 is 1.83 bits per heavy atom. The summed E-state index contributed by atoms with van der Waals surface area (Å²) < 4.78 is 56.2. The van der Waals surface area contributed by atoms with Crippen LogP contribution in [-0.2, 0) is 22.5 Å². The molecule has 1 aliphatic heterocycles. The minimum atomic E-state index is -0.996. The van der Waals surface area contributed by atoms with Crippen molar-refractivity contribution in [2.45, 2.75) is 76.2 Å². The predicted molar refractivity (Wildman–Crippen MR) is 150 cm³/mol. The van der Waals surface area contributed by atoms with Crippen molar-refractivity contribution in [1.29, 1.82) is 0 Å². The van der Waals surface area contributed by atoms with Crippen molar-refractivity contribution in [2.24, 2.45) is 11.7 Å². The maximum atomic E-state index is 15.2. The third-order valence-electron chi connectivity index (χ3n) is 8.78. The van der Waals surface area contributed by atoms with Crippen LogP contribution in [-0.4, -0.2) is 51.8 Å². The number of halogens is 3. The van der Waals surface area contributed by atoms with Crippen LogP contribution in [0.5, 0.6) is 0 Å². The minimum absolute atomic E-state index is 0.00286. The molecule has 4 atom stereocenters. The number of pyridine rings is 2. The molecule has 1 aromatic carbocycles. The first-order valence-corrected chi connectivity index (χ1v) is 14.3. The number of rotatable bonds is 8. The summed E-state index contributed by atoms with van der Waals surface area (Å²) in [5, 5.41) is 10.7. The zero-order chi connectivity index (χ0) is 30.0. The smallest absolute Gasteiger partial charge is 0.185 e.